The number of carbonyl (C=O) groups is 1. The van der Waals surface area contributed by atoms with Crippen LogP contribution in [0.15, 0.2) is 23.1 Å². The van der Waals surface area contributed by atoms with Crippen molar-refractivity contribution in [1.82, 2.24) is 4.31 Å². The Morgan fingerprint density at radius 3 is 2.43 bits per heavy atom. The van der Waals surface area contributed by atoms with E-state index in [0.717, 1.165) is 43.4 Å². The lowest BCUT2D eigenvalue weighted by atomic mass is 9.86. The van der Waals surface area contributed by atoms with E-state index in [4.69, 9.17) is 0 Å². The van der Waals surface area contributed by atoms with Gasteiger partial charge in [0.1, 0.15) is 0 Å². The van der Waals surface area contributed by atoms with Gasteiger partial charge in [0.15, 0.2) is 0 Å². The highest BCUT2D eigenvalue weighted by molar-refractivity contribution is 7.89. The molecular weight excluding hydrogens is 372 g/mol. The number of benzene rings is 1. The molecule has 5 nitrogen and oxygen atoms in total. The van der Waals surface area contributed by atoms with Crippen molar-refractivity contribution in [1.29, 1.82) is 0 Å². The highest BCUT2D eigenvalue weighted by atomic mass is 32.2. The first-order chi connectivity index (χ1) is 13.6. The first-order valence-corrected chi connectivity index (χ1v) is 12.4. The van der Waals surface area contributed by atoms with E-state index < -0.39 is 10.0 Å². The molecule has 0 atom stereocenters. The fourth-order valence-electron chi connectivity index (χ4n) is 4.99. The van der Waals surface area contributed by atoms with Crippen molar-refractivity contribution in [2.75, 3.05) is 24.5 Å². The second kappa shape index (κ2) is 8.54. The summed E-state index contributed by atoms with van der Waals surface area (Å²) in [5.41, 5.74) is 1.90. The number of hydrogen-bond acceptors (Lipinski definition) is 3. The Hall–Kier alpha value is -1.40. The maximum Gasteiger partial charge on any atom is 0.243 e. The normalized spacial score (nSPS) is 21.6. The molecule has 28 heavy (non-hydrogen) atoms. The molecule has 3 aliphatic rings. The highest BCUT2D eigenvalue weighted by Crippen LogP contribution is 2.33. The van der Waals surface area contributed by atoms with E-state index in [0.29, 0.717) is 36.9 Å². The third-order valence-corrected chi connectivity index (χ3v) is 8.59. The van der Waals surface area contributed by atoms with Crippen LogP contribution in [0.1, 0.15) is 69.8 Å². The lowest BCUT2D eigenvalue weighted by Gasteiger charge is -2.26. The van der Waals surface area contributed by atoms with E-state index in [1.807, 2.05) is 11.0 Å². The molecule has 4 rings (SSSR count). The smallest absolute Gasteiger partial charge is 0.243 e. The van der Waals surface area contributed by atoms with Crippen molar-refractivity contribution in [3.05, 3.63) is 23.8 Å². The van der Waals surface area contributed by atoms with Crippen LogP contribution in [0, 0.1) is 5.92 Å². The molecule has 2 fully saturated rings. The standard InChI is InChI=1S/C22H32N2O3S/c25-22(12-9-18-7-3-1-4-8-18)24-16-13-19-17-20(10-11-21(19)24)28(26,27)23-14-5-2-6-15-23/h10-11,17-18H,1-9,12-16H2. The van der Waals surface area contributed by atoms with E-state index in [1.54, 1.807) is 16.4 Å². The van der Waals surface area contributed by atoms with Gasteiger partial charge in [-0.25, -0.2) is 8.42 Å². The van der Waals surface area contributed by atoms with E-state index >= 15 is 0 Å². The summed E-state index contributed by atoms with van der Waals surface area (Å²) < 4.78 is 27.5. The first kappa shape index (κ1) is 19.9. The summed E-state index contributed by atoms with van der Waals surface area (Å²) >= 11 is 0. The molecule has 154 valence electrons. The number of nitrogens with zero attached hydrogens (tertiary/aromatic N) is 2. The Morgan fingerprint density at radius 2 is 1.68 bits per heavy atom. The average molecular weight is 405 g/mol. The molecule has 0 N–H and O–H groups in total. The molecule has 2 aliphatic heterocycles. The van der Waals surface area contributed by atoms with Crippen molar-refractivity contribution in [2.45, 2.75) is 75.5 Å². The number of piperidine rings is 1. The van der Waals surface area contributed by atoms with Crippen molar-refractivity contribution >= 4 is 21.6 Å². The minimum Gasteiger partial charge on any atom is -0.312 e. The maximum absolute atomic E-state index is 12.9. The third-order valence-electron chi connectivity index (χ3n) is 6.69. The number of hydrogen-bond donors (Lipinski definition) is 0. The summed E-state index contributed by atoms with van der Waals surface area (Å²) in [7, 11) is -3.42. The van der Waals surface area contributed by atoms with Crippen molar-refractivity contribution in [2.24, 2.45) is 5.92 Å². The van der Waals surface area contributed by atoms with Gasteiger partial charge in [0.2, 0.25) is 15.9 Å². The van der Waals surface area contributed by atoms with Crippen LogP contribution < -0.4 is 4.90 Å². The molecule has 1 saturated carbocycles. The molecule has 1 aromatic carbocycles. The van der Waals surface area contributed by atoms with Crippen molar-refractivity contribution < 1.29 is 13.2 Å². The SMILES string of the molecule is O=C(CCC1CCCCC1)N1CCc2cc(S(=O)(=O)N3CCCCC3)ccc21. The van der Waals surface area contributed by atoms with E-state index in [1.165, 1.54) is 32.1 Å². The Bertz CT molecular complexity index is 809. The van der Waals surface area contributed by atoms with Crippen LogP contribution >= 0.6 is 0 Å². The number of anilines is 1. The zero-order valence-corrected chi connectivity index (χ0v) is 17.6. The number of sulfonamides is 1. The van der Waals surface area contributed by atoms with Gasteiger partial charge >= 0.3 is 0 Å². The minimum absolute atomic E-state index is 0.191. The van der Waals surface area contributed by atoms with Crippen molar-refractivity contribution in [3.63, 3.8) is 0 Å². The van der Waals surface area contributed by atoms with Gasteiger partial charge < -0.3 is 4.90 Å². The summed E-state index contributed by atoms with van der Waals surface area (Å²) in [6.45, 7) is 1.91. The topological polar surface area (TPSA) is 57.7 Å². The number of amides is 1. The van der Waals surface area contributed by atoms with Gasteiger partial charge in [-0.3, -0.25) is 4.79 Å². The zero-order valence-electron chi connectivity index (χ0n) is 16.7. The molecule has 6 heteroatoms. The van der Waals surface area contributed by atoms with Crippen molar-refractivity contribution in [3.8, 4) is 0 Å². The fourth-order valence-corrected chi connectivity index (χ4v) is 6.56. The summed E-state index contributed by atoms with van der Waals surface area (Å²) in [4.78, 5) is 15.0. The van der Waals surface area contributed by atoms with Crippen LogP contribution in [-0.2, 0) is 21.2 Å². The summed E-state index contributed by atoms with van der Waals surface area (Å²) in [6, 6.07) is 5.33. The Morgan fingerprint density at radius 1 is 0.964 bits per heavy atom. The van der Waals surface area contributed by atoms with Gasteiger partial charge in [0.05, 0.1) is 4.90 Å². The maximum atomic E-state index is 12.9. The summed E-state index contributed by atoms with van der Waals surface area (Å²) in [6.07, 6.45) is 11.8. The Balaban J connectivity index is 1.43. The second-order valence-corrected chi connectivity index (χ2v) is 10.5. The Kier molecular flexibility index (Phi) is 6.07. The number of carbonyl (C=O) groups excluding carboxylic acids is 1. The third kappa shape index (κ3) is 4.13. The molecule has 1 amide bonds. The van der Waals surface area contributed by atoms with Crippen LogP contribution in [0.25, 0.3) is 0 Å². The van der Waals surface area contributed by atoms with E-state index in [9.17, 15) is 13.2 Å². The van der Waals surface area contributed by atoms with Crippen LogP contribution in [0.3, 0.4) is 0 Å². The van der Waals surface area contributed by atoms with Gasteiger partial charge in [-0.2, -0.15) is 4.31 Å². The molecule has 0 aromatic heterocycles. The van der Waals surface area contributed by atoms with Gasteiger partial charge in [-0.1, -0.05) is 38.5 Å². The molecule has 0 bridgehead atoms. The molecule has 0 unspecified atom stereocenters. The summed E-state index contributed by atoms with van der Waals surface area (Å²) in [5.74, 6) is 0.896. The monoisotopic (exact) mass is 404 g/mol. The molecule has 2 heterocycles. The van der Waals surface area contributed by atoms with Gasteiger partial charge in [-0.15, -0.1) is 0 Å². The van der Waals surface area contributed by atoms with Crippen LogP contribution in [-0.4, -0.2) is 38.3 Å². The molecule has 1 aromatic rings. The fraction of sp³-hybridized carbons (Fsp3) is 0.682. The average Bonchev–Trinajstić information content (AvgIpc) is 3.17. The largest absolute Gasteiger partial charge is 0.312 e. The zero-order chi connectivity index (χ0) is 19.6. The lowest BCUT2D eigenvalue weighted by Crippen LogP contribution is -2.35. The predicted octanol–water partition coefficient (Wildman–Crippen LogP) is 4.11. The molecule has 1 saturated heterocycles. The molecular formula is C22H32N2O3S. The van der Waals surface area contributed by atoms with E-state index in [-0.39, 0.29) is 5.91 Å². The van der Waals surface area contributed by atoms with Crippen LogP contribution in [0.2, 0.25) is 0 Å². The number of fused-ring (bicyclic) bond motifs is 1. The second-order valence-electron chi connectivity index (χ2n) is 8.59. The molecule has 0 radical (unpaired) electrons. The Labute approximate surface area is 169 Å². The summed E-state index contributed by atoms with van der Waals surface area (Å²) in [5, 5.41) is 0. The molecule has 1 aliphatic carbocycles. The quantitative estimate of drug-likeness (QED) is 0.742. The number of rotatable bonds is 5. The first-order valence-electron chi connectivity index (χ1n) is 11.0. The highest BCUT2D eigenvalue weighted by Gasteiger charge is 2.30. The van der Waals surface area contributed by atoms with Gasteiger partial charge in [0.25, 0.3) is 0 Å². The van der Waals surface area contributed by atoms with Gasteiger partial charge in [0, 0.05) is 31.7 Å². The predicted molar refractivity (Wildman–Crippen MR) is 111 cm³/mol. The van der Waals surface area contributed by atoms with Crippen LogP contribution in [0.5, 0.6) is 0 Å². The lowest BCUT2D eigenvalue weighted by molar-refractivity contribution is -0.118. The molecule has 0 spiro atoms. The van der Waals surface area contributed by atoms with Crippen LogP contribution in [0.4, 0.5) is 5.69 Å². The van der Waals surface area contributed by atoms with Gasteiger partial charge in [-0.05, 0) is 55.4 Å². The minimum atomic E-state index is -3.42. The van der Waals surface area contributed by atoms with E-state index in [2.05, 4.69) is 0 Å².